The second-order valence-corrected chi connectivity index (χ2v) is 4.24. The van der Waals surface area contributed by atoms with E-state index in [2.05, 4.69) is 10.6 Å². The van der Waals surface area contributed by atoms with Crippen LogP contribution in [0.2, 0.25) is 0 Å². The topological polar surface area (TPSA) is 93.5 Å². The Morgan fingerprint density at radius 3 is 2.43 bits per heavy atom. The maximum absolute atomic E-state index is 11.6. The average molecular weight is 316 g/mol. The molecule has 0 aliphatic heterocycles. The molecule has 0 unspecified atom stereocenters. The molecule has 118 valence electrons. The minimum absolute atomic E-state index is 0. The molecule has 0 fully saturated rings. The smallest absolute Gasteiger partial charge is 0.243 e. The molecule has 0 aliphatic rings. The summed E-state index contributed by atoms with van der Waals surface area (Å²) < 4.78 is 5.33. The number of nitrogens with one attached hydrogen (secondary N) is 2. The van der Waals surface area contributed by atoms with E-state index >= 15 is 0 Å². The Bertz CT molecular complexity index is 438. The van der Waals surface area contributed by atoms with Crippen molar-refractivity contribution in [3.63, 3.8) is 0 Å². The van der Waals surface area contributed by atoms with E-state index in [0.29, 0.717) is 31.0 Å². The van der Waals surface area contributed by atoms with Crippen LogP contribution in [0, 0.1) is 0 Å². The van der Waals surface area contributed by atoms with Gasteiger partial charge in [0.05, 0.1) is 6.54 Å². The maximum atomic E-state index is 11.6. The first kappa shape index (κ1) is 19.2. The highest BCUT2D eigenvalue weighted by atomic mass is 35.5. The quantitative estimate of drug-likeness (QED) is 0.674. The molecule has 6 nitrogen and oxygen atoms in total. The number of hydrogen-bond donors (Lipinski definition) is 3. The minimum Gasteiger partial charge on any atom is -0.492 e. The van der Waals surface area contributed by atoms with Gasteiger partial charge in [-0.05, 0) is 30.7 Å². The van der Waals surface area contributed by atoms with Crippen molar-refractivity contribution >= 4 is 29.9 Å². The maximum Gasteiger partial charge on any atom is 0.243 e. The summed E-state index contributed by atoms with van der Waals surface area (Å²) in [6.45, 7) is 2.79. The van der Waals surface area contributed by atoms with Gasteiger partial charge in [0, 0.05) is 18.7 Å². The first-order chi connectivity index (χ1) is 9.65. The van der Waals surface area contributed by atoms with Gasteiger partial charge in [-0.15, -0.1) is 12.4 Å². The van der Waals surface area contributed by atoms with E-state index < -0.39 is 0 Å². The molecule has 0 radical (unpaired) electrons. The van der Waals surface area contributed by atoms with Crippen molar-refractivity contribution in [1.29, 1.82) is 0 Å². The number of halogens is 1. The van der Waals surface area contributed by atoms with Gasteiger partial charge >= 0.3 is 0 Å². The fourth-order valence-electron chi connectivity index (χ4n) is 1.51. The van der Waals surface area contributed by atoms with E-state index in [9.17, 15) is 9.59 Å². The first-order valence-corrected chi connectivity index (χ1v) is 6.65. The zero-order valence-corrected chi connectivity index (χ0v) is 12.9. The Morgan fingerprint density at radius 1 is 1.19 bits per heavy atom. The summed E-state index contributed by atoms with van der Waals surface area (Å²) in [5.41, 5.74) is 5.99. The molecule has 0 spiro atoms. The van der Waals surface area contributed by atoms with Gasteiger partial charge in [0.1, 0.15) is 12.4 Å². The third-order valence-electron chi connectivity index (χ3n) is 2.45. The summed E-state index contributed by atoms with van der Waals surface area (Å²) in [6, 6.07) is 6.97. The highest BCUT2D eigenvalue weighted by Gasteiger charge is 2.05. The van der Waals surface area contributed by atoms with Crippen LogP contribution in [0.1, 0.15) is 19.8 Å². The predicted octanol–water partition coefficient (Wildman–Crippen LogP) is 1.30. The molecule has 0 atom stereocenters. The number of carbonyl (C=O) groups excluding carboxylic acids is 2. The summed E-state index contributed by atoms with van der Waals surface area (Å²) in [7, 11) is 0. The van der Waals surface area contributed by atoms with Crippen LogP contribution < -0.4 is 21.1 Å². The van der Waals surface area contributed by atoms with E-state index in [4.69, 9.17) is 10.5 Å². The zero-order valence-electron chi connectivity index (χ0n) is 12.1. The molecule has 0 bridgehead atoms. The zero-order chi connectivity index (χ0) is 14.8. The summed E-state index contributed by atoms with van der Waals surface area (Å²) in [5.74, 6) is 0.322. The molecule has 7 heteroatoms. The van der Waals surface area contributed by atoms with Crippen molar-refractivity contribution in [2.45, 2.75) is 19.8 Å². The van der Waals surface area contributed by atoms with Crippen molar-refractivity contribution in [1.82, 2.24) is 5.32 Å². The third kappa shape index (κ3) is 8.16. The monoisotopic (exact) mass is 315 g/mol. The highest BCUT2D eigenvalue weighted by Crippen LogP contribution is 2.15. The number of amides is 2. The molecule has 0 aromatic heterocycles. The van der Waals surface area contributed by atoms with Gasteiger partial charge in [-0.1, -0.05) is 6.92 Å². The van der Waals surface area contributed by atoms with Gasteiger partial charge in [0.15, 0.2) is 0 Å². The standard InChI is InChI=1S/C14H21N3O3.ClH/c1-2-3-13(18)16-10-14(19)17-11-4-6-12(7-5-11)20-9-8-15;/h4-7H,2-3,8-10,15H2,1H3,(H,16,18)(H,17,19);1H. The van der Waals surface area contributed by atoms with Crippen LogP contribution in [0.4, 0.5) is 5.69 Å². The van der Waals surface area contributed by atoms with E-state index in [0.717, 1.165) is 6.42 Å². The minimum atomic E-state index is -0.259. The SMILES string of the molecule is CCCC(=O)NCC(=O)Nc1ccc(OCCN)cc1.Cl. The van der Waals surface area contributed by atoms with Crippen molar-refractivity contribution in [2.75, 3.05) is 25.0 Å². The summed E-state index contributed by atoms with van der Waals surface area (Å²) >= 11 is 0. The lowest BCUT2D eigenvalue weighted by molar-refractivity contribution is -0.124. The average Bonchev–Trinajstić information content (AvgIpc) is 2.45. The molecule has 0 saturated heterocycles. The van der Waals surface area contributed by atoms with E-state index in [1.807, 2.05) is 6.92 Å². The van der Waals surface area contributed by atoms with Crippen molar-refractivity contribution < 1.29 is 14.3 Å². The van der Waals surface area contributed by atoms with Gasteiger partial charge in [-0.25, -0.2) is 0 Å². The largest absolute Gasteiger partial charge is 0.492 e. The molecule has 2 amide bonds. The summed E-state index contributed by atoms with van der Waals surface area (Å²) in [4.78, 5) is 22.8. The Hall–Kier alpha value is -1.79. The van der Waals surface area contributed by atoms with Crippen LogP contribution in [-0.4, -0.2) is 31.5 Å². The van der Waals surface area contributed by atoms with Crippen molar-refractivity contribution in [2.24, 2.45) is 5.73 Å². The number of ether oxygens (including phenoxy) is 1. The molecular formula is C14H22ClN3O3. The van der Waals surface area contributed by atoms with Crippen molar-refractivity contribution in [3.8, 4) is 5.75 Å². The van der Waals surface area contributed by atoms with Gasteiger partial charge in [0.2, 0.25) is 11.8 Å². The number of benzene rings is 1. The fraction of sp³-hybridized carbons (Fsp3) is 0.429. The number of rotatable bonds is 8. The third-order valence-corrected chi connectivity index (χ3v) is 2.45. The van der Waals surface area contributed by atoms with Crippen LogP contribution in [-0.2, 0) is 9.59 Å². The Morgan fingerprint density at radius 2 is 1.86 bits per heavy atom. The second kappa shape index (κ2) is 10.9. The molecule has 0 heterocycles. The Balaban J connectivity index is 0.00000400. The second-order valence-electron chi connectivity index (χ2n) is 4.24. The van der Waals surface area contributed by atoms with E-state index in [1.165, 1.54) is 0 Å². The highest BCUT2D eigenvalue weighted by molar-refractivity contribution is 5.94. The summed E-state index contributed by atoms with van der Waals surface area (Å²) in [5, 5.41) is 5.24. The van der Waals surface area contributed by atoms with Crippen LogP contribution in [0.3, 0.4) is 0 Å². The van der Waals surface area contributed by atoms with Crippen LogP contribution in [0.5, 0.6) is 5.75 Å². The van der Waals surface area contributed by atoms with E-state index in [1.54, 1.807) is 24.3 Å². The normalized spacial score (nSPS) is 9.43. The molecule has 1 rings (SSSR count). The van der Waals surface area contributed by atoms with Gasteiger partial charge in [-0.2, -0.15) is 0 Å². The van der Waals surface area contributed by atoms with Crippen molar-refractivity contribution in [3.05, 3.63) is 24.3 Å². The number of hydrogen-bond acceptors (Lipinski definition) is 4. The molecule has 21 heavy (non-hydrogen) atoms. The lowest BCUT2D eigenvalue weighted by Crippen LogP contribution is -2.32. The van der Waals surface area contributed by atoms with Crippen LogP contribution >= 0.6 is 12.4 Å². The Labute approximate surface area is 130 Å². The molecule has 0 aliphatic carbocycles. The van der Waals surface area contributed by atoms with Crippen LogP contribution in [0.15, 0.2) is 24.3 Å². The summed E-state index contributed by atoms with van der Waals surface area (Å²) in [6.07, 6.45) is 1.19. The number of anilines is 1. The predicted molar refractivity (Wildman–Crippen MR) is 84.8 cm³/mol. The lowest BCUT2D eigenvalue weighted by atomic mass is 10.3. The molecule has 1 aromatic rings. The molecule has 0 saturated carbocycles. The molecular weight excluding hydrogens is 294 g/mol. The van der Waals surface area contributed by atoms with Gasteiger partial charge < -0.3 is 21.1 Å². The molecule has 4 N–H and O–H groups in total. The number of nitrogens with two attached hydrogens (primary N) is 1. The van der Waals surface area contributed by atoms with Gasteiger partial charge in [-0.3, -0.25) is 9.59 Å². The Kier molecular flexibility index (Phi) is 10.0. The molecule has 1 aromatic carbocycles. The fourth-order valence-corrected chi connectivity index (χ4v) is 1.51. The lowest BCUT2D eigenvalue weighted by Gasteiger charge is -2.08. The van der Waals surface area contributed by atoms with Gasteiger partial charge in [0.25, 0.3) is 0 Å². The number of carbonyl (C=O) groups is 2. The van der Waals surface area contributed by atoms with E-state index in [-0.39, 0.29) is 30.8 Å². The van der Waals surface area contributed by atoms with Crippen LogP contribution in [0.25, 0.3) is 0 Å². The first-order valence-electron chi connectivity index (χ1n) is 6.65.